The molecular formula is C23H29N3O4. The normalized spacial score (nSPS) is 31.4. The zero-order chi connectivity index (χ0) is 20.8. The van der Waals surface area contributed by atoms with Crippen LogP contribution in [0.4, 0.5) is 0 Å². The number of hydrogen-bond donors (Lipinski definition) is 0. The summed E-state index contributed by atoms with van der Waals surface area (Å²) in [6.07, 6.45) is 2.64. The summed E-state index contributed by atoms with van der Waals surface area (Å²) in [6.45, 7) is 7.52. The summed E-state index contributed by atoms with van der Waals surface area (Å²) in [5.74, 6) is 1.33. The fourth-order valence-corrected chi connectivity index (χ4v) is 5.64. The Labute approximate surface area is 176 Å². The standard InChI is InChI=1S/C23H29N3O4/c1-15-10-25(11-16(2)30-15)23(28)22-18-9-17(20-6-3-7-21(27)26(20)22)12-24(13-18)14-19-5-4-8-29-19/h3-8,15-18,22H,9-14H2,1-2H3/t15-,16+,17-,18+,22+/m0/s1. The number of piperidine rings is 1. The van der Waals surface area contributed by atoms with Gasteiger partial charge in [0.2, 0.25) is 5.91 Å². The van der Waals surface area contributed by atoms with Crippen LogP contribution in [0, 0.1) is 5.92 Å². The molecule has 0 unspecified atom stereocenters. The molecule has 0 spiro atoms. The van der Waals surface area contributed by atoms with Crippen LogP contribution in [0.2, 0.25) is 0 Å². The summed E-state index contributed by atoms with van der Waals surface area (Å²) >= 11 is 0. The van der Waals surface area contributed by atoms with Crippen LogP contribution in [-0.4, -0.2) is 58.7 Å². The minimum Gasteiger partial charge on any atom is -0.468 e. The van der Waals surface area contributed by atoms with E-state index in [1.54, 1.807) is 16.9 Å². The molecule has 30 heavy (non-hydrogen) atoms. The van der Waals surface area contributed by atoms with Gasteiger partial charge in [-0.1, -0.05) is 6.07 Å². The number of rotatable bonds is 3. The third-order valence-corrected chi connectivity index (χ3v) is 6.67. The zero-order valence-corrected chi connectivity index (χ0v) is 17.6. The molecule has 0 aromatic carbocycles. The van der Waals surface area contributed by atoms with Crippen molar-refractivity contribution in [3.8, 4) is 0 Å². The second-order valence-electron chi connectivity index (χ2n) is 9.07. The first-order valence-electron chi connectivity index (χ1n) is 10.9. The highest BCUT2D eigenvalue weighted by molar-refractivity contribution is 5.81. The molecule has 5 heterocycles. The van der Waals surface area contributed by atoms with E-state index in [0.29, 0.717) is 13.1 Å². The topological polar surface area (TPSA) is 67.9 Å². The average Bonchev–Trinajstić information content (AvgIpc) is 3.21. The predicted octanol–water partition coefficient (Wildman–Crippen LogP) is 2.24. The number of ether oxygens (including phenoxy) is 1. The summed E-state index contributed by atoms with van der Waals surface area (Å²) in [5, 5.41) is 0. The zero-order valence-electron chi connectivity index (χ0n) is 17.6. The Hall–Kier alpha value is -2.38. The molecule has 2 fully saturated rings. The number of nitrogens with zero attached hydrogens (tertiary/aromatic N) is 3. The van der Waals surface area contributed by atoms with Gasteiger partial charge in [-0.15, -0.1) is 0 Å². The van der Waals surface area contributed by atoms with E-state index < -0.39 is 6.04 Å². The largest absolute Gasteiger partial charge is 0.468 e. The molecule has 0 aliphatic carbocycles. The number of hydrogen-bond acceptors (Lipinski definition) is 5. The maximum atomic E-state index is 13.8. The van der Waals surface area contributed by atoms with E-state index in [-0.39, 0.29) is 35.5 Å². The van der Waals surface area contributed by atoms with Crippen molar-refractivity contribution in [2.45, 2.75) is 51.0 Å². The van der Waals surface area contributed by atoms with Gasteiger partial charge in [-0.2, -0.15) is 0 Å². The van der Waals surface area contributed by atoms with E-state index in [0.717, 1.165) is 37.5 Å². The third kappa shape index (κ3) is 3.50. The summed E-state index contributed by atoms with van der Waals surface area (Å²) in [6, 6.07) is 8.85. The highest BCUT2D eigenvalue weighted by atomic mass is 16.5. The van der Waals surface area contributed by atoms with Gasteiger partial charge in [-0.3, -0.25) is 19.1 Å². The maximum absolute atomic E-state index is 13.8. The lowest BCUT2D eigenvalue weighted by Gasteiger charge is -2.48. The number of pyridine rings is 1. The van der Waals surface area contributed by atoms with Crippen molar-refractivity contribution in [3.05, 3.63) is 58.4 Å². The van der Waals surface area contributed by atoms with E-state index in [1.807, 2.05) is 43.0 Å². The highest BCUT2D eigenvalue weighted by Crippen LogP contribution is 2.42. The smallest absolute Gasteiger partial charge is 0.251 e. The van der Waals surface area contributed by atoms with E-state index in [4.69, 9.17) is 9.15 Å². The first-order valence-corrected chi connectivity index (χ1v) is 10.9. The van der Waals surface area contributed by atoms with Crippen molar-refractivity contribution in [1.82, 2.24) is 14.4 Å². The Morgan fingerprint density at radius 2 is 1.87 bits per heavy atom. The van der Waals surface area contributed by atoms with Gasteiger partial charge >= 0.3 is 0 Å². The molecule has 1 amide bonds. The Morgan fingerprint density at radius 1 is 1.07 bits per heavy atom. The molecule has 7 heteroatoms. The molecule has 3 aliphatic rings. The van der Waals surface area contributed by atoms with Crippen LogP contribution in [0.25, 0.3) is 0 Å². The van der Waals surface area contributed by atoms with Gasteiger partial charge in [0.15, 0.2) is 0 Å². The van der Waals surface area contributed by atoms with Gasteiger partial charge in [0.1, 0.15) is 11.8 Å². The lowest BCUT2D eigenvalue weighted by molar-refractivity contribution is -0.150. The minimum atomic E-state index is -0.457. The van der Waals surface area contributed by atoms with Crippen LogP contribution in [0.5, 0.6) is 0 Å². The fourth-order valence-electron chi connectivity index (χ4n) is 5.64. The highest BCUT2D eigenvalue weighted by Gasteiger charge is 2.45. The quantitative estimate of drug-likeness (QED) is 0.775. The number of morpholine rings is 1. The van der Waals surface area contributed by atoms with Gasteiger partial charge in [0, 0.05) is 49.8 Å². The summed E-state index contributed by atoms with van der Waals surface area (Å²) in [4.78, 5) is 30.9. The van der Waals surface area contributed by atoms with E-state index in [9.17, 15) is 9.59 Å². The van der Waals surface area contributed by atoms with Crippen LogP contribution in [-0.2, 0) is 16.1 Å². The lowest BCUT2D eigenvalue weighted by atomic mass is 9.78. The first kappa shape index (κ1) is 19.6. The Kier molecular flexibility index (Phi) is 5.03. The van der Waals surface area contributed by atoms with Crippen molar-refractivity contribution in [1.29, 1.82) is 0 Å². The van der Waals surface area contributed by atoms with Crippen molar-refractivity contribution in [2.75, 3.05) is 26.2 Å². The van der Waals surface area contributed by atoms with Gasteiger partial charge in [0.25, 0.3) is 5.56 Å². The minimum absolute atomic E-state index is 0.00260. The Morgan fingerprint density at radius 3 is 2.60 bits per heavy atom. The summed E-state index contributed by atoms with van der Waals surface area (Å²) in [7, 11) is 0. The first-order chi connectivity index (χ1) is 14.5. The van der Waals surface area contributed by atoms with Crippen molar-refractivity contribution in [3.63, 3.8) is 0 Å². The van der Waals surface area contributed by atoms with Gasteiger partial charge in [-0.25, -0.2) is 0 Å². The number of amides is 1. The molecule has 2 aromatic heterocycles. The summed E-state index contributed by atoms with van der Waals surface area (Å²) < 4.78 is 13.2. The number of furan rings is 1. The number of aromatic nitrogens is 1. The van der Waals surface area contributed by atoms with Crippen LogP contribution in [0.3, 0.4) is 0 Å². The van der Waals surface area contributed by atoms with Crippen LogP contribution in [0.15, 0.2) is 45.8 Å². The molecule has 5 rings (SSSR count). The fraction of sp³-hybridized carbons (Fsp3) is 0.565. The molecule has 5 atom stereocenters. The molecule has 0 N–H and O–H groups in total. The molecule has 2 saturated heterocycles. The van der Waals surface area contributed by atoms with E-state index in [2.05, 4.69) is 4.90 Å². The SMILES string of the molecule is C[C@@H]1CN(C(=O)[C@H]2[C@@H]3C[C@@H](CN(Cc4ccco4)C3)c3cccc(=O)n32)C[C@H](C)O1. The monoisotopic (exact) mass is 411 g/mol. The van der Waals surface area contributed by atoms with Crippen LogP contribution in [0.1, 0.15) is 43.7 Å². The predicted molar refractivity (Wildman–Crippen MR) is 111 cm³/mol. The van der Waals surface area contributed by atoms with Crippen molar-refractivity contribution in [2.24, 2.45) is 5.92 Å². The number of likely N-dealkylation sites (tertiary alicyclic amines) is 1. The average molecular weight is 412 g/mol. The Bertz CT molecular complexity index is 959. The summed E-state index contributed by atoms with van der Waals surface area (Å²) in [5.41, 5.74) is 0.907. The molecule has 2 aromatic rings. The molecular weight excluding hydrogens is 382 g/mol. The second-order valence-corrected chi connectivity index (χ2v) is 9.07. The van der Waals surface area contributed by atoms with Crippen molar-refractivity contribution < 1.29 is 13.9 Å². The van der Waals surface area contributed by atoms with Gasteiger partial charge < -0.3 is 14.1 Å². The van der Waals surface area contributed by atoms with Crippen LogP contribution < -0.4 is 5.56 Å². The lowest BCUT2D eigenvalue weighted by Crippen LogP contribution is -2.56. The maximum Gasteiger partial charge on any atom is 0.251 e. The number of carbonyl (C=O) groups excluding carboxylic acids is 1. The Balaban J connectivity index is 1.48. The van der Waals surface area contributed by atoms with E-state index >= 15 is 0 Å². The third-order valence-electron chi connectivity index (χ3n) is 6.67. The number of fused-ring (bicyclic) bond motifs is 4. The van der Waals surface area contributed by atoms with Gasteiger partial charge in [0.05, 0.1) is 25.0 Å². The molecule has 0 saturated carbocycles. The second kappa shape index (κ2) is 7.71. The van der Waals surface area contributed by atoms with Gasteiger partial charge in [-0.05, 0) is 38.5 Å². The molecule has 7 nitrogen and oxygen atoms in total. The van der Waals surface area contributed by atoms with Crippen molar-refractivity contribution >= 4 is 5.91 Å². The molecule has 3 aliphatic heterocycles. The van der Waals surface area contributed by atoms with E-state index in [1.165, 1.54) is 0 Å². The van der Waals surface area contributed by atoms with Crippen LogP contribution >= 0.6 is 0 Å². The number of carbonyl (C=O) groups is 1. The molecule has 0 radical (unpaired) electrons. The molecule has 2 bridgehead atoms. The molecule has 160 valence electrons.